The van der Waals surface area contributed by atoms with Crippen molar-refractivity contribution in [1.82, 2.24) is 29.5 Å². The topological polar surface area (TPSA) is 90.3 Å². The molecule has 1 aliphatic carbocycles. The zero-order chi connectivity index (χ0) is 20.8. The minimum atomic E-state index is 0.0595. The van der Waals surface area contributed by atoms with Crippen LogP contribution in [0.4, 0.5) is 4.79 Å². The number of amides is 2. The molecule has 5 rings (SSSR count). The summed E-state index contributed by atoms with van der Waals surface area (Å²) in [5.74, 6) is 1.45. The molecule has 30 heavy (non-hydrogen) atoms. The first kappa shape index (κ1) is 19.0. The Bertz CT molecular complexity index is 1050. The van der Waals surface area contributed by atoms with Gasteiger partial charge >= 0.3 is 6.03 Å². The van der Waals surface area contributed by atoms with Crippen molar-refractivity contribution in [2.24, 2.45) is 5.92 Å². The smallest absolute Gasteiger partial charge is 0.319 e. The van der Waals surface area contributed by atoms with Crippen LogP contribution in [0.2, 0.25) is 0 Å². The first-order valence-electron chi connectivity index (χ1n) is 10.7. The fourth-order valence-electron chi connectivity index (χ4n) is 4.50. The molecule has 2 N–H and O–H groups in total. The standard InChI is InChI=1S/C22H28N6O2/c1-26(2)22(30)27-11-5-6-14(13-27)12-16-19(15-9-10-15)25-28(20(16)29)21-23-17-7-3-4-8-18(17)24-21/h3-4,7-8,14-15,29H,5-6,9-13H2,1-2H3,(H,23,24). The van der Waals surface area contributed by atoms with Crippen molar-refractivity contribution < 1.29 is 9.90 Å². The maximum absolute atomic E-state index is 12.4. The number of carbonyl (C=O) groups is 1. The van der Waals surface area contributed by atoms with Crippen LogP contribution in [0.1, 0.15) is 42.9 Å². The number of urea groups is 1. The minimum Gasteiger partial charge on any atom is -0.493 e. The second kappa shape index (κ2) is 7.34. The number of aromatic amines is 1. The maximum Gasteiger partial charge on any atom is 0.319 e. The van der Waals surface area contributed by atoms with Gasteiger partial charge in [0.2, 0.25) is 11.8 Å². The van der Waals surface area contributed by atoms with Crippen molar-refractivity contribution >= 4 is 17.1 Å². The van der Waals surface area contributed by atoms with E-state index in [2.05, 4.69) is 9.97 Å². The van der Waals surface area contributed by atoms with E-state index in [9.17, 15) is 9.90 Å². The second-order valence-corrected chi connectivity index (χ2v) is 8.79. The van der Waals surface area contributed by atoms with Gasteiger partial charge in [0.15, 0.2) is 0 Å². The van der Waals surface area contributed by atoms with Crippen LogP contribution in [0.15, 0.2) is 24.3 Å². The Labute approximate surface area is 175 Å². The molecule has 0 radical (unpaired) electrons. The van der Waals surface area contributed by atoms with Gasteiger partial charge < -0.3 is 19.9 Å². The zero-order valence-electron chi connectivity index (χ0n) is 17.5. The van der Waals surface area contributed by atoms with Gasteiger partial charge in [-0.25, -0.2) is 9.78 Å². The van der Waals surface area contributed by atoms with Crippen molar-refractivity contribution in [3.05, 3.63) is 35.5 Å². The SMILES string of the molecule is CN(C)C(=O)N1CCCC(Cc2c(C3CC3)nn(-c3nc4ccccc4[nH]3)c2O)C1. The number of imidazole rings is 1. The number of hydrogen-bond donors (Lipinski definition) is 2. The third kappa shape index (κ3) is 3.40. The molecule has 0 spiro atoms. The Hall–Kier alpha value is -3.03. The summed E-state index contributed by atoms with van der Waals surface area (Å²) in [5, 5.41) is 15.9. The van der Waals surface area contributed by atoms with E-state index >= 15 is 0 Å². The number of H-pyrrole nitrogens is 1. The normalized spacial score (nSPS) is 19.4. The van der Waals surface area contributed by atoms with E-state index in [1.807, 2.05) is 29.2 Å². The molecule has 8 nitrogen and oxygen atoms in total. The van der Waals surface area contributed by atoms with E-state index in [0.717, 1.165) is 67.5 Å². The minimum absolute atomic E-state index is 0.0595. The summed E-state index contributed by atoms with van der Waals surface area (Å²) in [6.45, 7) is 1.52. The molecule has 2 fully saturated rings. The average Bonchev–Trinajstić information content (AvgIpc) is 3.42. The number of para-hydroxylation sites is 2. The fourth-order valence-corrected chi connectivity index (χ4v) is 4.50. The highest BCUT2D eigenvalue weighted by Gasteiger charge is 2.34. The van der Waals surface area contributed by atoms with Gasteiger partial charge in [-0.2, -0.15) is 9.78 Å². The number of aromatic hydroxyl groups is 1. The van der Waals surface area contributed by atoms with Crippen LogP contribution < -0.4 is 0 Å². The summed E-state index contributed by atoms with van der Waals surface area (Å²) in [7, 11) is 3.58. The molecule has 3 aromatic rings. The number of likely N-dealkylation sites (tertiary alicyclic amines) is 1. The molecule has 1 saturated carbocycles. The number of nitrogens with one attached hydrogen (secondary N) is 1. The predicted molar refractivity (Wildman–Crippen MR) is 114 cm³/mol. The van der Waals surface area contributed by atoms with Crippen LogP contribution >= 0.6 is 0 Å². The lowest BCUT2D eigenvalue weighted by atomic mass is 9.90. The maximum atomic E-state index is 12.4. The second-order valence-electron chi connectivity index (χ2n) is 8.79. The number of carbonyl (C=O) groups excluding carboxylic acids is 1. The van der Waals surface area contributed by atoms with Crippen LogP contribution in [0.25, 0.3) is 17.0 Å². The largest absolute Gasteiger partial charge is 0.493 e. The molecule has 3 heterocycles. The van der Waals surface area contributed by atoms with Gasteiger partial charge in [0.25, 0.3) is 0 Å². The van der Waals surface area contributed by atoms with Crippen molar-refractivity contribution in [3.63, 3.8) is 0 Å². The molecule has 2 amide bonds. The monoisotopic (exact) mass is 408 g/mol. The third-order valence-corrected chi connectivity index (χ3v) is 6.19. The van der Waals surface area contributed by atoms with E-state index < -0.39 is 0 Å². The molecule has 1 saturated heterocycles. The summed E-state index contributed by atoms with van der Waals surface area (Å²) >= 11 is 0. The van der Waals surface area contributed by atoms with E-state index in [-0.39, 0.29) is 11.9 Å². The molecule has 1 aliphatic heterocycles. The van der Waals surface area contributed by atoms with Crippen LogP contribution in [-0.2, 0) is 6.42 Å². The summed E-state index contributed by atoms with van der Waals surface area (Å²) in [6, 6.07) is 7.87. The number of aromatic nitrogens is 4. The molecule has 1 aromatic carbocycles. The number of nitrogens with zero attached hydrogens (tertiary/aromatic N) is 5. The molecular weight excluding hydrogens is 380 g/mol. The number of hydrogen-bond acceptors (Lipinski definition) is 4. The lowest BCUT2D eigenvalue weighted by Gasteiger charge is -2.34. The van der Waals surface area contributed by atoms with Gasteiger partial charge in [-0.1, -0.05) is 12.1 Å². The number of piperidine rings is 1. The summed E-state index contributed by atoms with van der Waals surface area (Å²) in [5.41, 5.74) is 3.68. The van der Waals surface area contributed by atoms with E-state index in [1.54, 1.807) is 23.7 Å². The molecular formula is C22H28N6O2. The Balaban J connectivity index is 1.44. The van der Waals surface area contributed by atoms with Crippen molar-refractivity contribution in [1.29, 1.82) is 0 Å². The molecule has 1 unspecified atom stereocenters. The number of rotatable bonds is 4. The van der Waals surface area contributed by atoms with Gasteiger partial charge in [-0.3, -0.25) is 0 Å². The third-order valence-electron chi connectivity index (χ3n) is 6.19. The Morgan fingerprint density at radius 3 is 2.80 bits per heavy atom. The lowest BCUT2D eigenvalue weighted by molar-refractivity contribution is 0.142. The molecule has 2 aliphatic rings. The molecule has 158 valence electrons. The highest BCUT2D eigenvalue weighted by molar-refractivity contribution is 5.76. The van der Waals surface area contributed by atoms with Crippen LogP contribution in [0, 0.1) is 5.92 Å². The number of fused-ring (bicyclic) bond motifs is 1. The average molecular weight is 409 g/mol. The highest BCUT2D eigenvalue weighted by Crippen LogP contribution is 2.44. The van der Waals surface area contributed by atoms with Crippen LogP contribution in [0.3, 0.4) is 0 Å². The zero-order valence-corrected chi connectivity index (χ0v) is 17.5. The first-order valence-corrected chi connectivity index (χ1v) is 10.7. The van der Waals surface area contributed by atoms with E-state index in [0.29, 0.717) is 17.8 Å². The van der Waals surface area contributed by atoms with Crippen molar-refractivity contribution in [2.45, 2.75) is 38.0 Å². The molecule has 1 atom stereocenters. The van der Waals surface area contributed by atoms with Gasteiger partial charge in [-0.15, -0.1) is 0 Å². The Morgan fingerprint density at radius 1 is 1.27 bits per heavy atom. The van der Waals surface area contributed by atoms with E-state index in [4.69, 9.17) is 5.10 Å². The molecule has 0 bridgehead atoms. The van der Waals surface area contributed by atoms with Crippen molar-refractivity contribution in [3.8, 4) is 11.8 Å². The summed E-state index contributed by atoms with van der Waals surface area (Å²) in [6.07, 6.45) is 4.99. The summed E-state index contributed by atoms with van der Waals surface area (Å²) in [4.78, 5) is 23.8. The Kier molecular flexibility index (Phi) is 4.64. The molecule has 2 aromatic heterocycles. The van der Waals surface area contributed by atoms with E-state index in [1.165, 1.54) is 0 Å². The van der Waals surface area contributed by atoms with Crippen LogP contribution in [-0.4, -0.2) is 67.9 Å². The highest BCUT2D eigenvalue weighted by atomic mass is 16.3. The fraction of sp³-hybridized carbons (Fsp3) is 0.500. The predicted octanol–water partition coefficient (Wildman–Crippen LogP) is 3.27. The molecule has 8 heteroatoms. The van der Waals surface area contributed by atoms with Gasteiger partial charge in [0.05, 0.1) is 16.7 Å². The Morgan fingerprint density at radius 2 is 2.07 bits per heavy atom. The van der Waals surface area contributed by atoms with Gasteiger partial charge in [-0.05, 0) is 50.2 Å². The quantitative estimate of drug-likeness (QED) is 0.693. The first-order chi connectivity index (χ1) is 14.5. The van der Waals surface area contributed by atoms with Crippen molar-refractivity contribution in [2.75, 3.05) is 27.2 Å². The van der Waals surface area contributed by atoms with Crippen LogP contribution in [0.5, 0.6) is 5.88 Å². The number of benzene rings is 1. The summed E-state index contributed by atoms with van der Waals surface area (Å²) < 4.78 is 1.55. The van der Waals surface area contributed by atoms with Gasteiger partial charge in [0.1, 0.15) is 0 Å². The van der Waals surface area contributed by atoms with Gasteiger partial charge in [0, 0.05) is 38.7 Å². The lowest BCUT2D eigenvalue weighted by Crippen LogP contribution is -2.45.